The number of piperidine rings is 1. The molecular weight excluding hydrogens is 380 g/mol. The Morgan fingerprint density at radius 1 is 1.04 bits per heavy atom. The fourth-order valence-electron chi connectivity index (χ4n) is 3.54. The van der Waals surface area contributed by atoms with Crippen molar-refractivity contribution >= 4 is 25.8 Å². The normalized spacial score (nSPS) is 21.9. The molecule has 1 aromatic carbocycles. The highest BCUT2D eigenvalue weighted by molar-refractivity contribution is 7.89. The first-order chi connectivity index (χ1) is 12.1. The van der Waals surface area contributed by atoms with E-state index in [9.17, 15) is 21.6 Å². The zero-order valence-electron chi connectivity index (χ0n) is 14.7. The largest absolute Gasteiger partial charge is 0.358 e. The maximum atomic E-state index is 12.8. The highest BCUT2D eigenvalue weighted by Crippen LogP contribution is 2.37. The minimum absolute atomic E-state index is 0.116. The minimum atomic E-state index is -3.71. The Hall–Kier alpha value is -1.33. The summed E-state index contributed by atoms with van der Waals surface area (Å²) in [6.45, 7) is 2.36. The van der Waals surface area contributed by atoms with E-state index in [0.717, 1.165) is 6.26 Å². The number of sulfonamides is 2. The number of hydrogen-bond acceptors (Lipinski definition) is 6. The second-order valence-electron chi connectivity index (χ2n) is 6.61. The molecule has 0 aliphatic carbocycles. The summed E-state index contributed by atoms with van der Waals surface area (Å²) in [5.74, 6) is -0.131. The fraction of sp³-hybridized carbons (Fsp3) is 0.562. The van der Waals surface area contributed by atoms with Crippen LogP contribution in [0, 0.1) is 0 Å². The van der Waals surface area contributed by atoms with Gasteiger partial charge in [-0.25, -0.2) is 16.8 Å². The Morgan fingerprint density at radius 3 is 2.12 bits per heavy atom. The van der Waals surface area contributed by atoms with Crippen molar-refractivity contribution in [2.24, 2.45) is 0 Å². The maximum absolute atomic E-state index is 12.8. The number of Topliss-reactive ketones (excluding diaryl/α,β-unsaturated/α-hetero) is 1. The van der Waals surface area contributed by atoms with E-state index >= 15 is 0 Å². The smallest absolute Gasteiger partial charge is 0.243 e. The second kappa shape index (κ2) is 6.68. The first kappa shape index (κ1) is 19.4. The van der Waals surface area contributed by atoms with E-state index in [1.165, 1.54) is 39.8 Å². The van der Waals surface area contributed by atoms with Gasteiger partial charge in [-0.1, -0.05) is 12.1 Å². The summed E-state index contributed by atoms with van der Waals surface area (Å²) in [5, 5.41) is 0. The van der Waals surface area contributed by atoms with Gasteiger partial charge in [0.15, 0.2) is 5.78 Å². The molecule has 8 nitrogen and oxygen atoms in total. The van der Waals surface area contributed by atoms with Gasteiger partial charge in [0.1, 0.15) is 5.72 Å². The van der Waals surface area contributed by atoms with Crippen molar-refractivity contribution in [1.82, 2.24) is 8.61 Å². The van der Waals surface area contributed by atoms with Crippen molar-refractivity contribution in [2.45, 2.75) is 30.4 Å². The molecule has 0 unspecified atom stereocenters. The van der Waals surface area contributed by atoms with Crippen LogP contribution in [0.15, 0.2) is 29.2 Å². The zero-order valence-corrected chi connectivity index (χ0v) is 16.3. The van der Waals surface area contributed by atoms with Crippen molar-refractivity contribution in [1.29, 1.82) is 0 Å². The Labute approximate surface area is 153 Å². The molecule has 1 aromatic rings. The van der Waals surface area contributed by atoms with Gasteiger partial charge in [-0.2, -0.15) is 8.61 Å². The number of ether oxygens (including phenoxy) is 1. The predicted molar refractivity (Wildman–Crippen MR) is 94.7 cm³/mol. The van der Waals surface area contributed by atoms with Gasteiger partial charge >= 0.3 is 0 Å². The van der Waals surface area contributed by atoms with Gasteiger partial charge in [-0.05, 0) is 19.1 Å². The highest BCUT2D eigenvalue weighted by Gasteiger charge is 2.50. The number of carbonyl (C=O) groups is 1. The Bertz CT molecular complexity index is 901. The SMILES string of the molecule is CC(=O)c1ccc(S(=O)(=O)N2CCC3(CC2)OCCN3S(C)(=O)=O)cc1. The lowest BCUT2D eigenvalue weighted by Crippen LogP contribution is -2.55. The molecule has 1 spiro atoms. The Morgan fingerprint density at radius 2 is 1.62 bits per heavy atom. The number of ketones is 1. The van der Waals surface area contributed by atoms with Crippen LogP contribution in [0.5, 0.6) is 0 Å². The number of benzene rings is 1. The van der Waals surface area contributed by atoms with Gasteiger partial charge in [0.2, 0.25) is 20.0 Å². The van der Waals surface area contributed by atoms with E-state index in [-0.39, 0.29) is 43.2 Å². The summed E-state index contributed by atoms with van der Waals surface area (Å²) < 4.78 is 58.0. The molecule has 2 saturated heterocycles. The first-order valence-corrected chi connectivity index (χ1v) is 11.6. The molecule has 0 aromatic heterocycles. The van der Waals surface area contributed by atoms with Crippen LogP contribution in [0.2, 0.25) is 0 Å². The van der Waals surface area contributed by atoms with Crippen molar-refractivity contribution < 1.29 is 26.4 Å². The molecule has 3 rings (SSSR count). The third kappa shape index (κ3) is 3.44. The van der Waals surface area contributed by atoms with Crippen LogP contribution in [0.1, 0.15) is 30.1 Å². The molecule has 0 atom stereocenters. The molecule has 2 heterocycles. The van der Waals surface area contributed by atoms with E-state index in [2.05, 4.69) is 0 Å². The van der Waals surface area contributed by atoms with Gasteiger partial charge in [0, 0.05) is 38.0 Å². The molecular formula is C16H22N2O6S2. The monoisotopic (exact) mass is 402 g/mol. The number of carbonyl (C=O) groups excluding carboxylic acids is 1. The second-order valence-corrected chi connectivity index (χ2v) is 10.5. The molecule has 2 aliphatic rings. The summed E-state index contributed by atoms with van der Waals surface area (Å²) in [6, 6.07) is 5.83. The zero-order chi connectivity index (χ0) is 19.2. The summed E-state index contributed by atoms with van der Waals surface area (Å²) in [7, 11) is -7.13. The third-order valence-electron chi connectivity index (χ3n) is 4.92. The van der Waals surface area contributed by atoms with E-state index in [4.69, 9.17) is 4.74 Å². The molecule has 2 fully saturated rings. The van der Waals surface area contributed by atoms with Gasteiger partial charge in [-0.15, -0.1) is 0 Å². The molecule has 0 radical (unpaired) electrons. The van der Waals surface area contributed by atoms with Gasteiger partial charge in [0.05, 0.1) is 17.8 Å². The number of nitrogens with zero attached hydrogens (tertiary/aromatic N) is 2. The molecule has 26 heavy (non-hydrogen) atoms. The number of hydrogen-bond donors (Lipinski definition) is 0. The summed E-state index contributed by atoms with van der Waals surface area (Å²) in [5.41, 5.74) is -0.498. The van der Waals surface area contributed by atoms with Gasteiger partial charge < -0.3 is 4.74 Å². The predicted octanol–water partition coefficient (Wildman–Crippen LogP) is 0.662. The topological polar surface area (TPSA) is 101 Å². The van der Waals surface area contributed by atoms with E-state index in [1.54, 1.807) is 0 Å². The van der Waals surface area contributed by atoms with Crippen molar-refractivity contribution in [3.63, 3.8) is 0 Å². The van der Waals surface area contributed by atoms with Gasteiger partial charge in [0.25, 0.3) is 0 Å². The number of rotatable bonds is 4. The molecule has 0 saturated carbocycles. The van der Waals surface area contributed by atoms with Gasteiger partial charge in [-0.3, -0.25) is 4.79 Å². The standard InChI is InChI=1S/C16H22N2O6S2/c1-13(19)14-3-5-15(6-4-14)26(22,23)17-9-7-16(8-10-17)18(11-12-24-16)25(2,20)21/h3-6H,7-12H2,1-2H3. The summed E-state index contributed by atoms with van der Waals surface area (Å²) in [4.78, 5) is 11.5. The molecule has 2 aliphatic heterocycles. The molecule has 144 valence electrons. The van der Waals surface area contributed by atoms with Crippen molar-refractivity contribution in [3.8, 4) is 0 Å². The van der Waals surface area contributed by atoms with Crippen LogP contribution in [0.4, 0.5) is 0 Å². The molecule has 0 amide bonds. The van der Waals surface area contributed by atoms with E-state index < -0.39 is 25.8 Å². The van der Waals surface area contributed by atoms with E-state index in [1.807, 2.05) is 0 Å². The van der Waals surface area contributed by atoms with Crippen LogP contribution in [-0.2, 0) is 24.8 Å². The van der Waals surface area contributed by atoms with Crippen molar-refractivity contribution in [2.75, 3.05) is 32.5 Å². The third-order valence-corrected chi connectivity index (χ3v) is 8.15. The maximum Gasteiger partial charge on any atom is 0.243 e. The fourth-order valence-corrected chi connectivity index (χ4v) is 6.23. The van der Waals surface area contributed by atoms with Crippen LogP contribution >= 0.6 is 0 Å². The first-order valence-electron chi connectivity index (χ1n) is 8.29. The van der Waals surface area contributed by atoms with E-state index in [0.29, 0.717) is 12.2 Å². The average molecular weight is 402 g/mol. The highest BCUT2D eigenvalue weighted by atomic mass is 32.2. The van der Waals surface area contributed by atoms with Crippen LogP contribution in [0.3, 0.4) is 0 Å². The lowest BCUT2D eigenvalue weighted by molar-refractivity contribution is -0.0804. The van der Waals surface area contributed by atoms with Crippen LogP contribution in [-0.4, -0.2) is 69.5 Å². The lowest BCUT2D eigenvalue weighted by Gasteiger charge is -2.41. The minimum Gasteiger partial charge on any atom is -0.358 e. The average Bonchev–Trinajstić information content (AvgIpc) is 2.99. The Kier molecular flexibility index (Phi) is 4.99. The molecule has 0 bridgehead atoms. The van der Waals surface area contributed by atoms with Crippen LogP contribution in [0.25, 0.3) is 0 Å². The lowest BCUT2D eigenvalue weighted by atomic mass is 10.0. The quantitative estimate of drug-likeness (QED) is 0.686. The van der Waals surface area contributed by atoms with Crippen LogP contribution < -0.4 is 0 Å². The molecule has 0 N–H and O–H groups in total. The van der Waals surface area contributed by atoms with Crippen molar-refractivity contribution in [3.05, 3.63) is 29.8 Å². The Balaban J connectivity index is 1.78. The molecule has 10 heteroatoms. The summed E-state index contributed by atoms with van der Waals surface area (Å²) >= 11 is 0. The summed E-state index contributed by atoms with van der Waals surface area (Å²) in [6.07, 6.45) is 1.71.